The van der Waals surface area contributed by atoms with Crippen molar-refractivity contribution in [3.05, 3.63) is 211 Å². The second-order valence-corrected chi connectivity index (χ2v) is 15.9. The molecule has 9 aromatic carbocycles. The fraction of sp³-hybridized carbons (Fsp3) is 0.107. The highest BCUT2D eigenvalue weighted by Gasteiger charge is 2.44. The van der Waals surface area contributed by atoms with Crippen molar-refractivity contribution in [1.82, 2.24) is 0 Å². The van der Waals surface area contributed by atoms with Crippen LogP contribution in [0.4, 0.5) is 17.1 Å². The summed E-state index contributed by atoms with van der Waals surface area (Å²) in [5.41, 5.74) is 16.7. The summed E-state index contributed by atoms with van der Waals surface area (Å²) >= 11 is 0. The van der Waals surface area contributed by atoms with E-state index in [4.69, 9.17) is 0 Å². The van der Waals surface area contributed by atoms with E-state index in [-0.39, 0.29) is 5.41 Å². The van der Waals surface area contributed by atoms with Crippen LogP contribution < -0.4 is 4.90 Å². The third-order valence-electron chi connectivity index (χ3n) is 12.9. The van der Waals surface area contributed by atoms with E-state index >= 15 is 0 Å². The number of fused-ring (bicyclic) bond motifs is 7. The highest BCUT2D eigenvalue weighted by molar-refractivity contribution is 6.09. The first-order valence-corrected chi connectivity index (χ1v) is 20.6. The van der Waals surface area contributed by atoms with Crippen LogP contribution in [0.1, 0.15) is 43.2 Å². The van der Waals surface area contributed by atoms with Crippen molar-refractivity contribution in [1.29, 1.82) is 0 Å². The average Bonchev–Trinajstić information content (AvgIpc) is 3.54. The van der Waals surface area contributed by atoms with Gasteiger partial charge in [0, 0.05) is 22.4 Å². The van der Waals surface area contributed by atoms with E-state index in [9.17, 15) is 0 Å². The molecule has 272 valence electrons. The molecule has 1 fully saturated rings. The van der Waals surface area contributed by atoms with E-state index in [0.29, 0.717) is 0 Å². The van der Waals surface area contributed by atoms with Crippen LogP contribution >= 0.6 is 0 Å². The summed E-state index contributed by atoms with van der Waals surface area (Å²) in [7, 11) is 0. The smallest absolute Gasteiger partial charge is 0.0546 e. The number of hydrogen-bond acceptors (Lipinski definition) is 1. The molecule has 0 aromatic heterocycles. The first-order chi connectivity index (χ1) is 28.3. The molecule has 0 aliphatic heterocycles. The van der Waals surface area contributed by atoms with Gasteiger partial charge in [0.25, 0.3) is 0 Å². The second kappa shape index (κ2) is 13.8. The molecule has 1 nitrogen and oxygen atoms in total. The molecule has 1 spiro atoms. The standard InChI is InChI=1S/C56H43N/c1-3-16-39(17-4-1)40-30-32-43(33-31-40)57(44-34-35-49-48-24-9-10-28-52(48)56(53(49)38-44)36-11-2-12-37-56)54-29-15-27-51(47-25-13-20-41-18-5-7-22-45(41)47)55(54)50-26-14-21-42-19-6-8-23-46(42)50/h1,3-10,13-35,38H,2,11-12,36-37H2. The van der Waals surface area contributed by atoms with Gasteiger partial charge in [0.1, 0.15) is 0 Å². The first kappa shape index (κ1) is 33.6. The van der Waals surface area contributed by atoms with Crippen molar-refractivity contribution in [3.8, 4) is 44.5 Å². The second-order valence-electron chi connectivity index (χ2n) is 15.9. The Morgan fingerprint density at radius 3 is 1.67 bits per heavy atom. The van der Waals surface area contributed by atoms with E-state index in [1.54, 1.807) is 0 Å². The molecule has 0 saturated heterocycles. The predicted molar refractivity (Wildman–Crippen MR) is 242 cm³/mol. The van der Waals surface area contributed by atoms with Gasteiger partial charge in [-0.3, -0.25) is 0 Å². The van der Waals surface area contributed by atoms with Crippen molar-refractivity contribution in [2.75, 3.05) is 4.90 Å². The van der Waals surface area contributed by atoms with Crippen LogP contribution in [-0.4, -0.2) is 0 Å². The Morgan fingerprint density at radius 2 is 0.895 bits per heavy atom. The minimum absolute atomic E-state index is 0.0479. The molecule has 2 aliphatic rings. The van der Waals surface area contributed by atoms with Crippen LogP contribution in [0.5, 0.6) is 0 Å². The van der Waals surface area contributed by atoms with Gasteiger partial charge in [-0.25, -0.2) is 0 Å². The lowest BCUT2D eigenvalue weighted by Gasteiger charge is -2.37. The predicted octanol–water partition coefficient (Wildman–Crippen LogP) is 15.7. The Hall–Kier alpha value is -6.70. The van der Waals surface area contributed by atoms with Crippen molar-refractivity contribution >= 4 is 38.6 Å². The maximum atomic E-state index is 2.56. The van der Waals surface area contributed by atoms with Crippen molar-refractivity contribution in [3.63, 3.8) is 0 Å². The summed E-state index contributed by atoms with van der Waals surface area (Å²) in [6, 6.07) is 74.6. The van der Waals surface area contributed by atoms with E-state index in [2.05, 4.69) is 205 Å². The van der Waals surface area contributed by atoms with Gasteiger partial charge in [0.15, 0.2) is 0 Å². The zero-order chi connectivity index (χ0) is 37.8. The number of nitrogens with zero attached hydrogens (tertiary/aromatic N) is 1. The van der Waals surface area contributed by atoms with E-state index < -0.39 is 0 Å². The molecule has 1 heteroatoms. The summed E-state index contributed by atoms with van der Waals surface area (Å²) in [6.45, 7) is 0. The zero-order valence-corrected chi connectivity index (χ0v) is 32.0. The highest BCUT2D eigenvalue weighted by atomic mass is 15.1. The molecule has 0 bridgehead atoms. The molecule has 0 heterocycles. The van der Waals surface area contributed by atoms with Gasteiger partial charge in [0.2, 0.25) is 0 Å². The fourth-order valence-corrected chi connectivity index (χ4v) is 10.3. The Kier molecular flexibility index (Phi) is 8.14. The van der Waals surface area contributed by atoms with E-state index in [0.717, 1.165) is 11.4 Å². The Balaban J connectivity index is 1.20. The topological polar surface area (TPSA) is 3.24 Å². The number of benzene rings is 9. The van der Waals surface area contributed by atoms with Crippen LogP contribution in [0.3, 0.4) is 0 Å². The minimum Gasteiger partial charge on any atom is -0.310 e. The minimum atomic E-state index is 0.0479. The van der Waals surface area contributed by atoms with Gasteiger partial charge in [-0.1, -0.05) is 189 Å². The average molecular weight is 730 g/mol. The lowest BCUT2D eigenvalue weighted by atomic mass is 9.68. The molecule has 0 N–H and O–H groups in total. The Labute approximate surface area is 335 Å². The number of hydrogen-bond donors (Lipinski definition) is 0. The Morgan fingerprint density at radius 1 is 0.351 bits per heavy atom. The molecule has 2 aliphatic carbocycles. The zero-order valence-electron chi connectivity index (χ0n) is 32.0. The monoisotopic (exact) mass is 729 g/mol. The summed E-state index contributed by atoms with van der Waals surface area (Å²) in [6.07, 6.45) is 6.24. The molecule has 0 amide bonds. The molecule has 0 radical (unpaired) electrons. The van der Waals surface area contributed by atoms with Crippen LogP contribution in [0.15, 0.2) is 200 Å². The fourth-order valence-electron chi connectivity index (χ4n) is 10.3. The van der Waals surface area contributed by atoms with E-state index in [1.807, 2.05) is 0 Å². The van der Waals surface area contributed by atoms with Crippen LogP contribution in [0, 0.1) is 0 Å². The molecule has 11 rings (SSSR count). The molecule has 0 unspecified atom stereocenters. The van der Waals surface area contributed by atoms with Gasteiger partial charge in [-0.15, -0.1) is 0 Å². The summed E-state index contributed by atoms with van der Waals surface area (Å²) in [5, 5.41) is 4.99. The van der Waals surface area contributed by atoms with Crippen molar-refractivity contribution in [2.45, 2.75) is 37.5 Å². The molecule has 0 atom stereocenters. The quantitative estimate of drug-likeness (QED) is 0.165. The normalized spacial score (nSPS) is 14.1. The lowest BCUT2D eigenvalue weighted by molar-refractivity contribution is 0.353. The highest BCUT2D eigenvalue weighted by Crippen LogP contribution is 2.57. The third-order valence-corrected chi connectivity index (χ3v) is 12.9. The largest absolute Gasteiger partial charge is 0.310 e. The lowest BCUT2D eigenvalue weighted by Crippen LogP contribution is -2.28. The summed E-state index contributed by atoms with van der Waals surface area (Å²) in [5.74, 6) is 0. The summed E-state index contributed by atoms with van der Waals surface area (Å²) in [4.78, 5) is 2.54. The SMILES string of the molecule is c1ccc(-c2ccc(N(c3ccc4c(c3)C3(CCCCC3)c3ccccc3-4)c3cccc(-c4cccc5ccccc45)c3-c3cccc4ccccc34)cc2)cc1. The Bertz CT molecular complexity index is 2920. The van der Waals surface area contributed by atoms with Crippen molar-refractivity contribution in [2.24, 2.45) is 0 Å². The molecular weight excluding hydrogens is 687 g/mol. The first-order valence-electron chi connectivity index (χ1n) is 20.6. The maximum Gasteiger partial charge on any atom is 0.0546 e. The maximum absolute atomic E-state index is 2.56. The van der Waals surface area contributed by atoms with Gasteiger partial charge in [0.05, 0.1) is 5.69 Å². The van der Waals surface area contributed by atoms with Crippen LogP contribution in [-0.2, 0) is 5.41 Å². The third kappa shape index (κ3) is 5.52. The summed E-state index contributed by atoms with van der Waals surface area (Å²) < 4.78 is 0. The number of anilines is 3. The molecular formula is C56H43N. The van der Waals surface area contributed by atoms with Gasteiger partial charge < -0.3 is 4.90 Å². The van der Waals surface area contributed by atoms with E-state index in [1.165, 1.54) is 115 Å². The molecule has 57 heavy (non-hydrogen) atoms. The molecule has 1 saturated carbocycles. The van der Waals surface area contributed by atoms with Crippen molar-refractivity contribution < 1.29 is 0 Å². The van der Waals surface area contributed by atoms with Gasteiger partial charge >= 0.3 is 0 Å². The molecule has 9 aromatic rings. The number of rotatable bonds is 6. The van der Waals surface area contributed by atoms with Gasteiger partial charge in [-0.05, 0) is 115 Å². The van der Waals surface area contributed by atoms with Crippen LogP contribution in [0.25, 0.3) is 66.1 Å². The van der Waals surface area contributed by atoms with Crippen LogP contribution in [0.2, 0.25) is 0 Å². The van der Waals surface area contributed by atoms with Gasteiger partial charge in [-0.2, -0.15) is 0 Å².